The highest BCUT2D eigenvalue weighted by Crippen LogP contribution is 2.39. The third kappa shape index (κ3) is 4.58. The highest BCUT2D eigenvalue weighted by Gasteiger charge is 2.18. The van der Waals surface area contributed by atoms with Crippen LogP contribution in [0.25, 0.3) is 103 Å². The molecule has 0 aliphatic rings. The van der Waals surface area contributed by atoms with Crippen LogP contribution < -0.4 is 0 Å². The van der Waals surface area contributed by atoms with E-state index in [9.17, 15) is 0 Å². The predicted molar refractivity (Wildman–Crippen MR) is 227 cm³/mol. The SMILES string of the molecule is [C-]#[N+]c1cc(-c2ccc(-n3c4ccccc4c4ccc(-n5c6ccccc6c6ccccc65)cc43)cc2)cc(-n2c3ccccc3c3cc([N+]#[C-])ccc32)c1. The third-order valence-corrected chi connectivity index (χ3v) is 11.0. The minimum absolute atomic E-state index is 0.570. The van der Waals surface area contributed by atoms with Crippen LogP contribution in [0.2, 0.25) is 0 Å². The summed E-state index contributed by atoms with van der Waals surface area (Å²) in [5.41, 5.74) is 13.0. The zero-order valence-corrected chi connectivity index (χ0v) is 29.5. The van der Waals surface area contributed by atoms with Crippen LogP contribution in [0.3, 0.4) is 0 Å². The molecule has 5 heteroatoms. The smallest absolute Gasteiger partial charge is 0.189 e. The fraction of sp³-hybridized carbons (Fsp3) is 0. The van der Waals surface area contributed by atoms with E-state index < -0.39 is 0 Å². The Bertz CT molecular complexity index is 3400. The summed E-state index contributed by atoms with van der Waals surface area (Å²) in [7, 11) is 0. The van der Waals surface area contributed by atoms with E-state index in [-0.39, 0.29) is 0 Å². The zero-order chi connectivity index (χ0) is 36.6. The number of rotatable bonds is 4. The van der Waals surface area contributed by atoms with Crippen LogP contribution in [0.4, 0.5) is 11.4 Å². The Hall–Kier alpha value is -7.86. The summed E-state index contributed by atoms with van der Waals surface area (Å²) < 4.78 is 6.94. The topological polar surface area (TPSA) is 23.5 Å². The van der Waals surface area contributed by atoms with Gasteiger partial charge in [-0.15, -0.1) is 0 Å². The molecule has 8 aromatic carbocycles. The molecule has 0 fully saturated rings. The maximum Gasteiger partial charge on any atom is 0.189 e. The van der Waals surface area contributed by atoms with Crippen molar-refractivity contribution in [1.29, 1.82) is 0 Å². The first kappa shape index (κ1) is 30.7. The highest BCUT2D eigenvalue weighted by molar-refractivity contribution is 6.12. The first-order valence-electron chi connectivity index (χ1n) is 18.2. The summed E-state index contributed by atoms with van der Waals surface area (Å²) in [5.74, 6) is 0. The lowest BCUT2D eigenvalue weighted by Gasteiger charge is -2.13. The van der Waals surface area contributed by atoms with Gasteiger partial charge in [0.15, 0.2) is 11.4 Å². The Morgan fingerprint density at radius 1 is 0.291 bits per heavy atom. The summed E-state index contributed by atoms with van der Waals surface area (Å²) in [6.07, 6.45) is 0. The van der Waals surface area contributed by atoms with Crippen molar-refractivity contribution in [3.05, 3.63) is 199 Å². The first-order chi connectivity index (χ1) is 27.2. The van der Waals surface area contributed by atoms with E-state index in [1.807, 2.05) is 42.5 Å². The van der Waals surface area contributed by atoms with Gasteiger partial charge in [-0.2, -0.15) is 0 Å². The quantitative estimate of drug-likeness (QED) is 0.163. The summed E-state index contributed by atoms with van der Waals surface area (Å²) in [5, 5.41) is 7.00. The van der Waals surface area contributed by atoms with Gasteiger partial charge in [0.1, 0.15) is 0 Å². The molecule has 0 aliphatic heterocycles. The van der Waals surface area contributed by atoms with Crippen LogP contribution >= 0.6 is 0 Å². The molecule has 254 valence electrons. The van der Waals surface area contributed by atoms with Crippen molar-refractivity contribution in [1.82, 2.24) is 13.7 Å². The molecule has 0 radical (unpaired) electrons. The summed E-state index contributed by atoms with van der Waals surface area (Å²) in [6, 6.07) is 61.6. The molecule has 0 bridgehead atoms. The standard InChI is InChI=1S/C50H29N5/c1-51-34-21-26-49-44(30-34)42-14-6-10-18-48(42)55(49)38-28-33(27-35(29-38)52-2)32-19-22-36(23-20-32)53-45-15-7-5-13-41(45)43-25-24-37(31-50(43)53)54-46-16-8-3-11-39(46)40-12-4-9-17-47(40)54/h3-31H. The molecular weight excluding hydrogens is 671 g/mol. The van der Waals surface area contributed by atoms with Crippen LogP contribution in [-0.4, -0.2) is 13.7 Å². The summed E-state index contributed by atoms with van der Waals surface area (Å²) in [4.78, 5) is 7.58. The Morgan fingerprint density at radius 3 is 1.35 bits per heavy atom. The molecule has 0 aliphatic carbocycles. The first-order valence-corrected chi connectivity index (χ1v) is 18.2. The molecule has 0 amide bonds. The van der Waals surface area contributed by atoms with Gasteiger partial charge in [0.05, 0.1) is 46.2 Å². The van der Waals surface area contributed by atoms with Crippen molar-refractivity contribution in [2.24, 2.45) is 0 Å². The van der Waals surface area contributed by atoms with Gasteiger partial charge in [0.2, 0.25) is 0 Å². The Balaban J connectivity index is 1.07. The van der Waals surface area contributed by atoms with Gasteiger partial charge in [0.25, 0.3) is 0 Å². The van der Waals surface area contributed by atoms with E-state index in [0.29, 0.717) is 11.4 Å². The van der Waals surface area contributed by atoms with Gasteiger partial charge in [0, 0.05) is 44.0 Å². The van der Waals surface area contributed by atoms with Gasteiger partial charge in [-0.25, -0.2) is 9.69 Å². The molecule has 0 N–H and O–H groups in total. The molecule has 0 saturated heterocycles. The number of fused-ring (bicyclic) bond motifs is 9. The lowest BCUT2D eigenvalue weighted by molar-refractivity contribution is 1.15. The molecule has 0 atom stereocenters. The van der Waals surface area contributed by atoms with Crippen LogP contribution in [0, 0.1) is 13.1 Å². The van der Waals surface area contributed by atoms with Crippen LogP contribution in [0.15, 0.2) is 176 Å². The van der Waals surface area contributed by atoms with Crippen molar-refractivity contribution < 1.29 is 0 Å². The molecule has 0 unspecified atom stereocenters. The Kier molecular flexibility index (Phi) is 6.61. The van der Waals surface area contributed by atoms with Crippen LogP contribution in [-0.2, 0) is 0 Å². The molecular formula is C50H29N5. The fourth-order valence-electron chi connectivity index (χ4n) is 8.64. The number of aromatic nitrogens is 3. The fourth-order valence-corrected chi connectivity index (χ4v) is 8.64. The van der Waals surface area contributed by atoms with Crippen molar-refractivity contribution in [2.75, 3.05) is 0 Å². The molecule has 55 heavy (non-hydrogen) atoms. The summed E-state index contributed by atoms with van der Waals surface area (Å²) >= 11 is 0. The molecule has 3 aromatic heterocycles. The largest absolute Gasteiger partial charge is 0.311 e. The summed E-state index contributed by atoms with van der Waals surface area (Å²) in [6.45, 7) is 15.6. The number of para-hydroxylation sites is 4. The van der Waals surface area contributed by atoms with Crippen LogP contribution in [0.5, 0.6) is 0 Å². The second-order valence-corrected chi connectivity index (χ2v) is 14.0. The minimum Gasteiger partial charge on any atom is -0.311 e. The van der Waals surface area contributed by atoms with E-state index in [2.05, 4.69) is 157 Å². The average molecular weight is 700 g/mol. The van der Waals surface area contributed by atoms with E-state index >= 15 is 0 Å². The van der Waals surface area contributed by atoms with Crippen molar-refractivity contribution >= 4 is 76.8 Å². The van der Waals surface area contributed by atoms with E-state index in [4.69, 9.17) is 13.1 Å². The zero-order valence-electron chi connectivity index (χ0n) is 29.5. The number of hydrogen-bond donors (Lipinski definition) is 0. The average Bonchev–Trinajstić information content (AvgIpc) is 3.88. The van der Waals surface area contributed by atoms with Crippen molar-refractivity contribution in [3.63, 3.8) is 0 Å². The Labute approximate surface area is 316 Å². The van der Waals surface area contributed by atoms with Crippen molar-refractivity contribution in [2.45, 2.75) is 0 Å². The molecule has 0 saturated carbocycles. The predicted octanol–water partition coefficient (Wildman–Crippen LogP) is 13.7. The highest BCUT2D eigenvalue weighted by atomic mass is 15.0. The third-order valence-electron chi connectivity index (χ3n) is 11.0. The van der Waals surface area contributed by atoms with E-state index in [1.165, 1.54) is 32.6 Å². The Morgan fingerprint density at radius 2 is 0.764 bits per heavy atom. The van der Waals surface area contributed by atoms with E-state index in [1.54, 1.807) is 0 Å². The van der Waals surface area contributed by atoms with Gasteiger partial charge < -0.3 is 13.7 Å². The lowest BCUT2D eigenvalue weighted by Crippen LogP contribution is -1.97. The van der Waals surface area contributed by atoms with Gasteiger partial charge in [-0.1, -0.05) is 97.1 Å². The molecule has 5 nitrogen and oxygen atoms in total. The van der Waals surface area contributed by atoms with Crippen molar-refractivity contribution in [3.8, 4) is 28.2 Å². The number of hydrogen-bond acceptors (Lipinski definition) is 0. The van der Waals surface area contributed by atoms with Gasteiger partial charge >= 0.3 is 0 Å². The maximum atomic E-state index is 8.02. The molecule has 0 spiro atoms. The number of benzene rings is 8. The number of nitrogens with zero attached hydrogens (tertiary/aromatic N) is 5. The van der Waals surface area contributed by atoms with Crippen LogP contribution in [0.1, 0.15) is 0 Å². The normalized spacial score (nSPS) is 11.6. The molecule has 11 rings (SSSR count). The second kappa shape index (κ2) is 11.8. The van der Waals surface area contributed by atoms with Gasteiger partial charge in [-0.3, -0.25) is 0 Å². The monoisotopic (exact) mass is 699 g/mol. The molecule has 3 heterocycles. The minimum atomic E-state index is 0.570. The van der Waals surface area contributed by atoms with Gasteiger partial charge in [-0.05, 0) is 95.4 Å². The maximum absolute atomic E-state index is 8.02. The van der Waals surface area contributed by atoms with E-state index in [0.717, 1.165) is 61.0 Å². The second-order valence-electron chi connectivity index (χ2n) is 14.0. The molecule has 11 aromatic rings. The lowest BCUT2D eigenvalue weighted by atomic mass is 10.0.